The monoisotopic (exact) mass is 323 g/mol. The summed E-state index contributed by atoms with van der Waals surface area (Å²) in [5.41, 5.74) is 0.851. The number of rotatable bonds is 2. The van der Waals surface area contributed by atoms with Gasteiger partial charge in [0, 0.05) is 16.9 Å². The van der Waals surface area contributed by atoms with E-state index >= 15 is 0 Å². The molecule has 0 aromatic heterocycles. The average Bonchev–Trinajstić information content (AvgIpc) is 2.48. The number of benzene rings is 1. The van der Waals surface area contributed by atoms with Crippen molar-refractivity contribution in [2.24, 2.45) is 10.8 Å². The van der Waals surface area contributed by atoms with E-state index in [9.17, 15) is 0 Å². The van der Waals surface area contributed by atoms with Gasteiger partial charge in [-0.15, -0.1) is 0 Å². The third-order valence-corrected chi connectivity index (χ3v) is 3.96. The number of hydrogen-bond donors (Lipinski definition) is 0. The lowest BCUT2D eigenvalue weighted by Crippen LogP contribution is -2.58. The molecule has 1 aromatic carbocycles. The Morgan fingerprint density at radius 2 is 1.59 bits per heavy atom. The zero-order valence-electron chi connectivity index (χ0n) is 15.2. The van der Waals surface area contributed by atoms with Crippen LogP contribution >= 0.6 is 11.6 Å². The summed E-state index contributed by atoms with van der Waals surface area (Å²) >= 11 is 6.01. The van der Waals surface area contributed by atoms with E-state index in [4.69, 9.17) is 21.6 Å². The minimum absolute atomic E-state index is 0.175. The Labute approximate surface area is 141 Å². The predicted octanol–water partition coefficient (Wildman–Crippen LogP) is 6.47. The lowest BCUT2D eigenvalue weighted by molar-refractivity contribution is -0.133. The Hall–Kier alpha value is -1.20. The topological polar surface area (TPSA) is 33.0 Å². The van der Waals surface area contributed by atoms with Gasteiger partial charge in [0.25, 0.3) is 0 Å². The van der Waals surface area contributed by atoms with Crippen molar-refractivity contribution in [1.29, 1.82) is 5.26 Å². The highest BCUT2D eigenvalue weighted by Gasteiger charge is 2.54. The second-order valence-electron chi connectivity index (χ2n) is 6.41. The molecular formula is C19H30ClNO. The molecule has 0 heterocycles. The first-order chi connectivity index (χ1) is 10.3. The molecule has 0 unspecified atom stereocenters. The maximum absolute atomic E-state index is 8.84. The van der Waals surface area contributed by atoms with Crippen LogP contribution < -0.4 is 4.74 Å². The van der Waals surface area contributed by atoms with Crippen LogP contribution in [0.1, 0.15) is 67.4 Å². The van der Waals surface area contributed by atoms with Crippen LogP contribution in [0.15, 0.2) is 18.2 Å². The fourth-order valence-electron chi connectivity index (χ4n) is 3.40. The maximum Gasteiger partial charge on any atom is 0.121 e. The third kappa shape index (κ3) is 4.65. The molecule has 3 heteroatoms. The Balaban J connectivity index is 0.00000102. The summed E-state index contributed by atoms with van der Waals surface area (Å²) in [5.74, 6) is 0.741. The van der Waals surface area contributed by atoms with E-state index in [1.54, 1.807) is 12.1 Å². The molecule has 0 N–H and O–H groups in total. The van der Waals surface area contributed by atoms with Crippen molar-refractivity contribution in [1.82, 2.24) is 0 Å². The van der Waals surface area contributed by atoms with Crippen LogP contribution in [0.4, 0.5) is 0 Å². The standard InChI is InChI=1S/C15H18ClNO.2C2H6/c1-14(2)9-15(3,4)13(14)18-11-6-5-10(8-17)12(16)7-11;2*1-2/h5-7,13H,9H2,1-4H3;2*1-2H3. The summed E-state index contributed by atoms with van der Waals surface area (Å²) in [6, 6.07) is 7.29. The number of halogens is 1. The van der Waals surface area contributed by atoms with Crippen molar-refractivity contribution < 1.29 is 4.74 Å². The van der Waals surface area contributed by atoms with Crippen molar-refractivity contribution >= 4 is 11.6 Å². The Morgan fingerprint density at radius 1 is 1.09 bits per heavy atom. The molecule has 0 bridgehead atoms. The molecule has 1 fully saturated rings. The highest BCUT2D eigenvalue weighted by Crippen LogP contribution is 2.55. The number of ether oxygens (including phenoxy) is 1. The highest BCUT2D eigenvalue weighted by atomic mass is 35.5. The van der Waals surface area contributed by atoms with Crippen LogP contribution in [0.3, 0.4) is 0 Å². The Bertz CT molecular complexity index is 501. The van der Waals surface area contributed by atoms with E-state index in [0.29, 0.717) is 10.6 Å². The summed E-state index contributed by atoms with van der Waals surface area (Å²) in [5, 5.41) is 9.29. The van der Waals surface area contributed by atoms with Crippen LogP contribution in [0, 0.1) is 22.2 Å². The molecule has 0 amide bonds. The van der Waals surface area contributed by atoms with E-state index in [0.717, 1.165) is 12.2 Å². The summed E-state index contributed by atoms with van der Waals surface area (Å²) in [6.45, 7) is 16.9. The van der Waals surface area contributed by atoms with Gasteiger partial charge in [-0.25, -0.2) is 0 Å². The molecule has 1 saturated carbocycles. The molecule has 1 aliphatic carbocycles. The van der Waals surface area contributed by atoms with Crippen molar-refractivity contribution in [3.05, 3.63) is 28.8 Å². The molecule has 0 spiro atoms. The summed E-state index contributed by atoms with van der Waals surface area (Å²) in [6.07, 6.45) is 1.32. The number of nitriles is 1. The Morgan fingerprint density at radius 3 is 1.95 bits per heavy atom. The van der Waals surface area contributed by atoms with Crippen LogP contribution in [0.25, 0.3) is 0 Å². The van der Waals surface area contributed by atoms with E-state index in [-0.39, 0.29) is 16.9 Å². The van der Waals surface area contributed by atoms with E-state index < -0.39 is 0 Å². The summed E-state index contributed by atoms with van der Waals surface area (Å²) in [7, 11) is 0. The largest absolute Gasteiger partial charge is 0.489 e. The van der Waals surface area contributed by atoms with Gasteiger partial charge in [-0.05, 0) is 18.6 Å². The predicted molar refractivity (Wildman–Crippen MR) is 95.5 cm³/mol. The van der Waals surface area contributed by atoms with Gasteiger partial charge in [0.05, 0.1) is 10.6 Å². The zero-order chi connectivity index (χ0) is 17.6. The normalized spacial score (nSPS) is 17.6. The summed E-state index contributed by atoms with van der Waals surface area (Å²) in [4.78, 5) is 0. The Kier molecular flexibility index (Phi) is 7.98. The van der Waals surface area contributed by atoms with Gasteiger partial charge in [-0.1, -0.05) is 67.0 Å². The van der Waals surface area contributed by atoms with Crippen LogP contribution in [-0.4, -0.2) is 6.10 Å². The fourth-order valence-corrected chi connectivity index (χ4v) is 3.61. The third-order valence-electron chi connectivity index (χ3n) is 3.65. The minimum atomic E-state index is 0.175. The molecule has 0 atom stereocenters. The molecule has 0 radical (unpaired) electrons. The van der Waals surface area contributed by atoms with E-state index in [1.165, 1.54) is 0 Å². The van der Waals surface area contributed by atoms with Crippen molar-refractivity contribution in [2.45, 2.75) is 67.9 Å². The highest BCUT2D eigenvalue weighted by molar-refractivity contribution is 6.31. The lowest BCUT2D eigenvalue weighted by Gasteiger charge is -2.56. The van der Waals surface area contributed by atoms with Gasteiger partial charge in [0.2, 0.25) is 0 Å². The molecule has 1 aliphatic rings. The first-order valence-electron chi connectivity index (χ1n) is 8.12. The fraction of sp³-hybridized carbons (Fsp3) is 0.632. The molecule has 1 aromatic rings. The molecule has 0 aliphatic heterocycles. The second kappa shape index (κ2) is 8.44. The first kappa shape index (κ1) is 20.8. The molecule has 124 valence electrons. The molecule has 22 heavy (non-hydrogen) atoms. The van der Waals surface area contributed by atoms with Crippen molar-refractivity contribution in [2.75, 3.05) is 0 Å². The van der Waals surface area contributed by atoms with Gasteiger partial charge >= 0.3 is 0 Å². The van der Waals surface area contributed by atoms with Crippen LogP contribution in [0.5, 0.6) is 5.75 Å². The van der Waals surface area contributed by atoms with Crippen molar-refractivity contribution in [3.8, 4) is 11.8 Å². The van der Waals surface area contributed by atoms with E-state index in [2.05, 4.69) is 27.7 Å². The van der Waals surface area contributed by atoms with Gasteiger partial charge in [-0.2, -0.15) is 5.26 Å². The van der Waals surface area contributed by atoms with E-state index in [1.807, 2.05) is 39.8 Å². The second-order valence-corrected chi connectivity index (χ2v) is 6.81. The van der Waals surface area contributed by atoms with Gasteiger partial charge < -0.3 is 4.74 Å². The SMILES string of the molecule is CC.CC.CC1(C)CC(C)(C)C1Oc1ccc(C#N)c(Cl)c1. The molecule has 0 saturated heterocycles. The maximum atomic E-state index is 8.84. The van der Waals surface area contributed by atoms with Gasteiger partial charge in [0.1, 0.15) is 17.9 Å². The average molecular weight is 324 g/mol. The van der Waals surface area contributed by atoms with Gasteiger partial charge in [-0.3, -0.25) is 0 Å². The number of nitrogens with zero attached hydrogens (tertiary/aromatic N) is 1. The van der Waals surface area contributed by atoms with Crippen LogP contribution in [0.2, 0.25) is 5.02 Å². The van der Waals surface area contributed by atoms with Crippen LogP contribution in [-0.2, 0) is 0 Å². The number of hydrogen-bond acceptors (Lipinski definition) is 2. The van der Waals surface area contributed by atoms with Gasteiger partial charge in [0.15, 0.2) is 0 Å². The summed E-state index contributed by atoms with van der Waals surface area (Å²) < 4.78 is 6.07. The zero-order valence-corrected chi connectivity index (χ0v) is 16.0. The lowest BCUT2D eigenvalue weighted by atomic mass is 9.53. The molecule has 2 nitrogen and oxygen atoms in total. The first-order valence-corrected chi connectivity index (χ1v) is 8.50. The minimum Gasteiger partial charge on any atom is -0.489 e. The van der Waals surface area contributed by atoms with Crippen molar-refractivity contribution in [3.63, 3.8) is 0 Å². The quantitative estimate of drug-likeness (QED) is 0.625. The molecule has 2 rings (SSSR count). The smallest absolute Gasteiger partial charge is 0.121 e. The molecular weight excluding hydrogens is 294 g/mol.